The molecule has 0 rings (SSSR count). The number of allylic oxidation sites excluding steroid dienone is 2. The highest BCUT2D eigenvalue weighted by Gasteiger charge is 1.92. The van der Waals surface area contributed by atoms with Gasteiger partial charge in [-0.3, -0.25) is 0 Å². The Bertz CT molecular complexity index is 109. The van der Waals surface area contributed by atoms with E-state index in [-0.39, 0.29) is 7.43 Å². The molecule has 0 fully saturated rings. The van der Waals surface area contributed by atoms with Crippen LogP contribution >= 0.6 is 0 Å². The van der Waals surface area contributed by atoms with Crippen LogP contribution in [0.5, 0.6) is 0 Å². The van der Waals surface area contributed by atoms with Crippen LogP contribution in [0.3, 0.4) is 0 Å². The minimum atomic E-state index is 0. The molecule has 0 radical (unpaired) electrons. The zero-order valence-electron chi connectivity index (χ0n) is 11.8. The van der Waals surface area contributed by atoms with E-state index in [9.17, 15) is 0 Å². The smallest absolute Gasteiger partial charge is 0.0321 e. The Labute approximate surface area is 100 Å². The lowest BCUT2D eigenvalue weighted by Gasteiger charge is -2.03. The summed E-state index contributed by atoms with van der Waals surface area (Å²) < 4.78 is 0. The van der Waals surface area contributed by atoms with Gasteiger partial charge in [0.15, 0.2) is 0 Å². The highest BCUT2D eigenvalue weighted by atomic mass is 14.0. The molecule has 0 N–H and O–H groups in total. The first kappa shape index (κ1) is 24.1. The molecule has 96 valence electrons. The zero-order valence-corrected chi connectivity index (χ0v) is 11.8. The molecular weight excluding hydrogens is 180 g/mol. The van der Waals surface area contributed by atoms with Crippen molar-refractivity contribution in [2.24, 2.45) is 0 Å². The van der Waals surface area contributed by atoms with Crippen molar-refractivity contribution in [3.63, 3.8) is 0 Å². The molecule has 0 bridgehead atoms. The number of hydrogen-bond acceptors (Lipinski definition) is 0. The number of hydrogen-bond donors (Lipinski definition) is 0. The molecule has 0 aromatic rings. The molecule has 0 spiro atoms. The molecule has 0 aromatic heterocycles. The van der Waals surface area contributed by atoms with Gasteiger partial charge in [-0.2, -0.15) is 0 Å². The van der Waals surface area contributed by atoms with E-state index in [1.54, 1.807) is 11.1 Å². The summed E-state index contributed by atoms with van der Waals surface area (Å²) in [7, 11) is 0. The van der Waals surface area contributed by atoms with Gasteiger partial charge in [0, 0.05) is 0 Å². The Morgan fingerprint density at radius 3 is 1.47 bits per heavy atom. The van der Waals surface area contributed by atoms with Gasteiger partial charge in [0.25, 0.3) is 0 Å². The van der Waals surface area contributed by atoms with Crippen LogP contribution in [-0.4, -0.2) is 0 Å². The van der Waals surface area contributed by atoms with E-state index in [0.29, 0.717) is 0 Å². The Morgan fingerprint density at radius 1 is 0.800 bits per heavy atom. The average molecular weight is 216 g/mol. The van der Waals surface area contributed by atoms with Crippen LogP contribution in [-0.2, 0) is 0 Å². The Hall–Kier alpha value is -0.260. The molecule has 0 unspecified atom stereocenters. The SMILES string of the molecule is C.CC.CC.CCCC/C(C)=C(/C)CC. The van der Waals surface area contributed by atoms with Gasteiger partial charge in [0.05, 0.1) is 0 Å². The largest absolute Gasteiger partial charge is 0.0776 e. The fourth-order valence-corrected chi connectivity index (χ4v) is 0.957. The maximum atomic E-state index is 2.26. The van der Waals surface area contributed by atoms with Crippen LogP contribution in [0.2, 0.25) is 0 Å². The van der Waals surface area contributed by atoms with Gasteiger partial charge >= 0.3 is 0 Å². The Morgan fingerprint density at radius 2 is 1.20 bits per heavy atom. The third kappa shape index (κ3) is 20.0. The predicted molar refractivity (Wildman–Crippen MR) is 77.6 cm³/mol. The maximum Gasteiger partial charge on any atom is -0.0321 e. The normalized spacial score (nSPS) is 9.60. The fraction of sp³-hybridized carbons (Fsp3) is 0.867. The second-order valence-electron chi connectivity index (χ2n) is 3.02. The van der Waals surface area contributed by atoms with Crippen LogP contribution < -0.4 is 0 Å². The van der Waals surface area contributed by atoms with Crippen molar-refractivity contribution in [2.75, 3.05) is 0 Å². The van der Waals surface area contributed by atoms with Crippen molar-refractivity contribution in [2.45, 2.75) is 88.5 Å². The molecular formula is C15H36. The van der Waals surface area contributed by atoms with Crippen molar-refractivity contribution in [3.05, 3.63) is 11.1 Å². The van der Waals surface area contributed by atoms with E-state index in [2.05, 4.69) is 27.7 Å². The fourth-order valence-electron chi connectivity index (χ4n) is 0.957. The summed E-state index contributed by atoms with van der Waals surface area (Å²) in [6, 6.07) is 0. The van der Waals surface area contributed by atoms with Crippen molar-refractivity contribution in [1.29, 1.82) is 0 Å². The van der Waals surface area contributed by atoms with E-state index in [0.717, 1.165) is 0 Å². The Balaban J connectivity index is -0.000000107. The standard InChI is InChI=1S/C10H20.2C2H6.CH4/c1-5-7-8-10(4)9(3)6-2;2*1-2;/h5-8H2,1-4H3;2*1-2H3;1H4/b10-9-;;;. The van der Waals surface area contributed by atoms with E-state index >= 15 is 0 Å². The summed E-state index contributed by atoms with van der Waals surface area (Å²) >= 11 is 0. The third-order valence-electron chi connectivity index (χ3n) is 2.16. The molecule has 0 saturated carbocycles. The maximum absolute atomic E-state index is 2.26. The predicted octanol–water partition coefficient (Wildman–Crippen LogP) is 6.61. The van der Waals surface area contributed by atoms with Crippen LogP contribution in [0.15, 0.2) is 11.1 Å². The summed E-state index contributed by atoms with van der Waals surface area (Å²) in [6.45, 7) is 17.0. The molecule has 0 aromatic carbocycles. The number of unbranched alkanes of at least 4 members (excludes halogenated alkanes) is 1. The van der Waals surface area contributed by atoms with E-state index in [1.165, 1.54) is 25.7 Å². The van der Waals surface area contributed by atoms with Gasteiger partial charge in [-0.15, -0.1) is 0 Å². The molecule has 0 nitrogen and oxygen atoms in total. The monoisotopic (exact) mass is 216 g/mol. The molecule has 0 amide bonds. The molecule has 15 heavy (non-hydrogen) atoms. The highest BCUT2D eigenvalue weighted by Crippen LogP contribution is 2.13. The topological polar surface area (TPSA) is 0 Å². The second-order valence-corrected chi connectivity index (χ2v) is 3.02. The molecule has 0 heteroatoms. The minimum absolute atomic E-state index is 0. The molecule has 0 aliphatic rings. The van der Waals surface area contributed by atoms with Crippen molar-refractivity contribution < 1.29 is 0 Å². The lowest BCUT2D eigenvalue weighted by molar-refractivity contribution is 0.775. The molecule has 0 aliphatic heterocycles. The van der Waals surface area contributed by atoms with Crippen molar-refractivity contribution >= 4 is 0 Å². The van der Waals surface area contributed by atoms with Gasteiger partial charge in [-0.1, -0.05) is 66.5 Å². The molecule has 0 saturated heterocycles. The van der Waals surface area contributed by atoms with Gasteiger partial charge in [-0.25, -0.2) is 0 Å². The van der Waals surface area contributed by atoms with Gasteiger partial charge < -0.3 is 0 Å². The van der Waals surface area contributed by atoms with Gasteiger partial charge in [-0.05, 0) is 33.1 Å². The summed E-state index contributed by atoms with van der Waals surface area (Å²) in [5.74, 6) is 0. The molecule has 0 atom stereocenters. The van der Waals surface area contributed by atoms with Crippen molar-refractivity contribution in [3.8, 4) is 0 Å². The van der Waals surface area contributed by atoms with E-state index in [4.69, 9.17) is 0 Å². The van der Waals surface area contributed by atoms with E-state index < -0.39 is 0 Å². The quantitative estimate of drug-likeness (QED) is 0.464. The first-order chi connectivity index (χ1) is 6.72. The lowest BCUT2D eigenvalue weighted by Crippen LogP contribution is -1.82. The highest BCUT2D eigenvalue weighted by molar-refractivity contribution is 5.08. The van der Waals surface area contributed by atoms with Gasteiger partial charge in [0.1, 0.15) is 0 Å². The summed E-state index contributed by atoms with van der Waals surface area (Å²) in [5.41, 5.74) is 3.18. The zero-order chi connectivity index (χ0) is 12.0. The minimum Gasteiger partial charge on any atom is -0.0776 e. The summed E-state index contributed by atoms with van der Waals surface area (Å²) in [4.78, 5) is 0. The average Bonchev–Trinajstić information content (AvgIpc) is 2.30. The second kappa shape index (κ2) is 23.5. The van der Waals surface area contributed by atoms with E-state index in [1.807, 2.05) is 27.7 Å². The summed E-state index contributed by atoms with van der Waals surface area (Å²) in [6.07, 6.45) is 5.18. The first-order valence-corrected chi connectivity index (χ1v) is 6.37. The first-order valence-electron chi connectivity index (χ1n) is 6.37. The molecule has 0 heterocycles. The molecule has 0 aliphatic carbocycles. The third-order valence-corrected chi connectivity index (χ3v) is 2.16. The van der Waals surface area contributed by atoms with Gasteiger partial charge in [0.2, 0.25) is 0 Å². The van der Waals surface area contributed by atoms with Crippen LogP contribution in [0.1, 0.15) is 88.5 Å². The van der Waals surface area contributed by atoms with Crippen LogP contribution in [0.25, 0.3) is 0 Å². The van der Waals surface area contributed by atoms with Crippen LogP contribution in [0.4, 0.5) is 0 Å². The number of rotatable bonds is 4. The lowest BCUT2D eigenvalue weighted by atomic mass is 10.0. The van der Waals surface area contributed by atoms with Crippen LogP contribution in [0, 0.1) is 0 Å². The van der Waals surface area contributed by atoms with Crippen molar-refractivity contribution in [1.82, 2.24) is 0 Å². The summed E-state index contributed by atoms with van der Waals surface area (Å²) in [5, 5.41) is 0. The Kier molecular flexibility index (Phi) is 37.8.